The molecule has 0 atom stereocenters. The van der Waals surface area contributed by atoms with E-state index in [4.69, 9.17) is 0 Å². The van der Waals surface area contributed by atoms with Crippen molar-refractivity contribution in [1.82, 2.24) is 29.6 Å². The zero-order chi connectivity index (χ0) is 17.8. The molecule has 1 N–H and O–H groups in total. The van der Waals surface area contributed by atoms with Gasteiger partial charge in [0.1, 0.15) is 17.5 Å². The molecule has 0 unspecified atom stereocenters. The normalized spacial score (nSPS) is 10.8. The first-order valence-corrected chi connectivity index (χ1v) is 8.00. The molecule has 2 aromatic heterocycles. The number of hydrogen-bond donors (Lipinski definition) is 1. The highest BCUT2D eigenvalue weighted by Crippen LogP contribution is 2.10. The molecule has 0 bridgehead atoms. The topological polar surface area (TPSA) is 77.6 Å². The monoisotopic (exact) mass is 342 g/mol. The van der Waals surface area contributed by atoms with Gasteiger partial charge in [0.15, 0.2) is 0 Å². The number of benzene rings is 1. The molecule has 0 aliphatic rings. The minimum absolute atomic E-state index is 0.0978. The van der Waals surface area contributed by atoms with Gasteiger partial charge < -0.3 is 9.88 Å². The fourth-order valence-electron chi connectivity index (χ4n) is 2.48. The van der Waals surface area contributed by atoms with Gasteiger partial charge in [-0.3, -0.25) is 4.79 Å². The SMILES string of the molecule is Cc1nccn1CCCNC(=O)c1nc(C)n(-c2ccc(F)cc2)n1. The molecule has 130 valence electrons. The third kappa shape index (κ3) is 3.90. The van der Waals surface area contributed by atoms with Crippen LogP contribution in [0.1, 0.15) is 28.7 Å². The number of aromatic nitrogens is 5. The van der Waals surface area contributed by atoms with Crippen LogP contribution in [0.15, 0.2) is 36.7 Å². The first-order chi connectivity index (χ1) is 12.0. The minimum Gasteiger partial charge on any atom is -0.349 e. The average Bonchev–Trinajstić information content (AvgIpc) is 3.18. The molecule has 3 rings (SSSR count). The Hall–Kier alpha value is -3.03. The fourth-order valence-corrected chi connectivity index (χ4v) is 2.48. The molecule has 0 aliphatic carbocycles. The van der Waals surface area contributed by atoms with Crippen molar-refractivity contribution in [2.75, 3.05) is 6.54 Å². The molecule has 0 radical (unpaired) electrons. The van der Waals surface area contributed by atoms with Gasteiger partial charge in [-0.15, -0.1) is 5.10 Å². The van der Waals surface area contributed by atoms with E-state index >= 15 is 0 Å². The summed E-state index contributed by atoms with van der Waals surface area (Å²) in [5, 5.41) is 7.02. The number of carbonyl (C=O) groups is 1. The summed E-state index contributed by atoms with van der Waals surface area (Å²) < 4.78 is 16.6. The second kappa shape index (κ2) is 7.25. The minimum atomic E-state index is -0.327. The van der Waals surface area contributed by atoms with E-state index in [2.05, 4.69) is 20.4 Å². The summed E-state index contributed by atoms with van der Waals surface area (Å²) >= 11 is 0. The van der Waals surface area contributed by atoms with Crippen molar-refractivity contribution in [1.29, 1.82) is 0 Å². The highest BCUT2D eigenvalue weighted by atomic mass is 19.1. The van der Waals surface area contributed by atoms with Crippen molar-refractivity contribution in [3.05, 3.63) is 59.9 Å². The molecule has 1 aromatic carbocycles. The number of rotatable bonds is 6. The molecule has 25 heavy (non-hydrogen) atoms. The molecule has 7 nitrogen and oxygen atoms in total. The zero-order valence-electron chi connectivity index (χ0n) is 14.1. The van der Waals surface area contributed by atoms with Crippen LogP contribution in [0.5, 0.6) is 0 Å². The maximum Gasteiger partial charge on any atom is 0.290 e. The Balaban J connectivity index is 1.58. The lowest BCUT2D eigenvalue weighted by molar-refractivity contribution is 0.0942. The highest BCUT2D eigenvalue weighted by molar-refractivity contribution is 5.90. The van der Waals surface area contributed by atoms with Gasteiger partial charge >= 0.3 is 0 Å². The summed E-state index contributed by atoms with van der Waals surface area (Å²) in [7, 11) is 0. The van der Waals surface area contributed by atoms with Crippen LogP contribution in [0.4, 0.5) is 4.39 Å². The van der Waals surface area contributed by atoms with Crippen LogP contribution in [0.2, 0.25) is 0 Å². The van der Waals surface area contributed by atoms with Crippen molar-refractivity contribution < 1.29 is 9.18 Å². The number of nitrogens with zero attached hydrogens (tertiary/aromatic N) is 5. The maximum absolute atomic E-state index is 13.0. The standard InChI is InChI=1S/C17H19FN6O/c1-12-19-9-11-23(12)10-3-8-20-17(25)16-21-13(2)24(22-16)15-6-4-14(18)5-7-15/h4-7,9,11H,3,8,10H2,1-2H3,(H,20,25). The summed E-state index contributed by atoms with van der Waals surface area (Å²) in [6.07, 6.45) is 4.44. The van der Waals surface area contributed by atoms with Crippen LogP contribution in [0.3, 0.4) is 0 Å². The molecule has 0 saturated carbocycles. The molecule has 0 fully saturated rings. The van der Waals surface area contributed by atoms with Crippen LogP contribution in [0.25, 0.3) is 5.69 Å². The van der Waals surface area contributed by atoms with Crippen molar-refractivity contribution in [3.63, 3.8) is 0 Å². The number of carbonyl (C=O) groups excluding carboxylic acids is 1. The first kappa shape index (κ1) is 16.8. The third-order valence-corrected chi connectivity index (χ3v) is 3.83. The van der Waals surface area contributed by atoms with Crippen molar-refractivity contribution >= 4 is 5.91 Å². The van der Waals surface area contributed by atoms with Crippen molar-refractivity contribution in [2.24, 2.45) is 0 Å². The van der Waals surface area contributed by atoms with Gasteiger partial charge in [-0.05, 0) is 44.5 Å². The molecule has 8 heteroatoms. The molecule has 2 heterocycles. The van der Waals surface area contributed by atoms with Gasteiger partial charge in [0.25, 0.3) is 5.91 Å². The number of nitrogens with one attached hydrogen (secondary N) is 1. The summed E-state index contributed by atoms with van der Waals surface area (Å²) in [6, 6.07) is 5.86. The van der Waals surface area contributed by atoms with Gasteiger partial charge in [0, 0.05) is 25.5 Å². The van der Waals surface area contributed by atoms with E-state index in [1.807, 2.05) is 17.7 Å². The summed E-state index contributed by atoms with van der Waals surface area (Å²) in [6.45, 7) is 4.98. The van der Waals surface area contributed by atoms with E-state index < -0.39 is 0 Å². The van der Waals surface area contributed by atoms with Gasteiger partial charge in [0.05, 0.1) is 5.69 Å². The van der Waals surface area contributed by atoms with Crippen molar-refractivity contribution in [3.8, 4) is 5.69 Å². The van der Waals surface area contributed by atoms with Crippen LogP contribution < -0.4 is 5.32 Å². The van der Waals surface area contributed by atoms with E-state index in [9.17, 15) is 9.18 Å². The Morgan fingerprint density at radius 3 is 2.64 bits per heavy atom. The Kier molecular flexibility index (Phi) is 4.87. The van der Waals surface area contributed by atoms with Gasteiger partial charge in [0.2, 0.25) is 5.82 Å². The van der Waals surface area contributed by atoms with Crippen LogP contribution in [-0.2, 0) is 6.54 Å². The Morgan fingerprint density at radius 1 is 1.20 bits per heavy atom. The van der Waals surface area contributed by atoms with Crippen LogP contribution in [-0.4, -0.2) is 36.8 Å². The second-order valence-corrected chi connectivity index (χ2v) is 5.65. The lowest BCUT2D eigenvalue weighted by atomic mass is 10.3. The predicted molar refractivity (Wildman–Crippen MR) is 90.0 cm³/mol. The number of amides is 1. The summed E-state index contributed by atoms with van der Waals surface area (Å²) in [5.74, 6) is 0.951. The second-order valence-electron chi connectivity index (χ2n) is 5.65. The number of imidazole rings is 1. The summed E-state index contributed by atoms with van der Waals surface area (Å²) in [5.41, 5.74) is 0.654. The summed E-state index contributed by atoms with van der Waals surface area (Å²) in [4.78, 5) is 20.5. The molecule has 0 spiro atoms. The Bertz CT molecular complexity index is 868. The number of halogens is 1. The number of aryl methyl sites for hydroxylation is 3. The highest BCUT2D eigenvalue weighted by Gasteiger charge is 2.14. The molecular weight excluding hydrogens is 323 g/mol. The van der Waals surface area contributed by atoms with Crippen molar-refractivity contribution in [2.45, 2.75) is 26.8 Å². The largest absolute Gasteiger partial charge is 0.349 e. The van der Waals surface area contributed by atoms with Crippen LogP contribution in [0, 0.1) is 19.7 Å². The smallest absolute Gasteiger partial charge is 0.290 e. The number of hydrogen-bond acceptors (Lipinski definition) is 4. The van der Waals surface area contributed by atoms with Gasteiger partial charge in [-0.1, -0.05) is 0 Å². The van der Waals surface area contributed by atoms with E-state index in [0.29, 0.717) is 18.1 Å². The van der Waals surface area contributed by atoms with E-state index in [0.717, 1.165) is 18.8 Å². The van der Waals surface area contributed by atoms with E-state index in [-0.39, 0.29) is 17.5 Å². The first-order valence-electron chi connectivity index (χ1n) is 8.00. The Morgan fingerprint density at radius 2 is 1.96 bits per heavy atom. The predicted octanol–water partition coefficient (Wildman–Crippen LogP) is 2.04. The van der Waals surface area contributed by atoms with Gasteiger partial charge in [-0.25, -0.2) is 19.0 Å². The Labute approximate surface area is 144 Å². The zero-order valence-corrected chi connectivity index (χ0v) is 14.1. The fraction of sp³-hybridized carbons (Fsp3) is 0.294. The average molecular weight is 342 g/mol. The molecule has 3 aromatic rings. The lowest BCUT2D eigenvalue weighted by Crippen LogP contribution is -2.26. The molecule has 0 aliphatic heterocycles. The lowest BCUT2D eigenvalue weighted by Gasteiger charge is -2.05. The maximum atomic E-state index is 13.0. The van der Waals surface area contributed by atoms with Crippen LogP contribution >= 0.6 is 0 Å². The molecule has 1 amide bonds. The van der Waals surface area contributed by atoms with Gasteiger partial charge in [-0.2, -0.15) is 0 Å². The third-order valence-electron chi connectivity index (χ3n) is 3.83. The molecular formula is C17H19FN6O. The van der Waals surface area contributed by atoms with E-state index in [1.54, 1.807) is 25.3 Å². The quantitative estimate of drug-likeness (QED) is 0.696. The van der Waals surface area contributed by atoms with E-state index in [1.165, 1.54) is 16.8 Å². The molecule has 0 saturated heterocycles.